The Morgan fingerprint density at radius 1 is 1.15 bits per heavy atom. The summed E-state index contributed by atoms with van der Waals surface area (Å²) in [6.45, 7) is 2.80. The topological polar surface area (TPSA) is 62.1 Å². The van der Waals surface area contributed by atoms with Gasteiger partial charge in [0.25, 0.3) is 5.91 Å². The minimum atomic E-state index is -0.434. The number of ether oxygens (including phenoxy) is 1. The van der Waals surface area contributed by atoms with Gasteiger partial charge in [0.15, 0.2) is 0 Å². The second-order valence-electron chi connectivity index (χ2n) is 6.08. The monoisotopic (exact) mass is 474 g/mol. The van der Waals surface area contributed by atoms with Gasteiger partial charge in [0, 0.05) is 14.8 Å². The number of nitrogens with zero attached hydrogens (tertiary/aromatic N) is 1. The second-order valence-corrected chi connectivity index (χ2v) is 7.32. The van der Waals surface area contributed by atoms with Crippen LogP contribution in [0.15, 0.2) is 54.1 Å². The number of benzene rings is 2. The Kier molecular flexibility index (Phi) is 8.85. The molecule has 0 aliphatic heterocycles. The molecule has 0 aromatic heterocycles. The number of hydrogen-bond acceptors (Lipinski definition) is 3. The number of unbranched alkanes of at least 4 members (excludes halogenated alkanes) is 3. The number of halogens is 1. The highest BCUT2D eigenvalue weighted by Crippen LogP contribution is 2.22. The Labute approximate surface area is 174 Å². The van der Waals surface area contributed by atoms with E-state index < -0.39 is 5.91 Å². The molecule has 0 fully saturated rings. The SMILES string of the molecule is CCCCCCOc1ccccc1/C=C(\C#N)C(=O)Nc1ccc(I)cc1. The third-order valence-corrected chi connectivity index (χ3v) is 4.66. The Balaban J connectivity index is 2.08. The van der Waals surface area contributed by atoms with Crippen molar-refractivity contribution < 1.29 is 9.53 Å². The van der Waals surface area contributed by atoms with E-state index in [0.29, 0.717) is 18.0 Å². The van der Waals surface area contributed by atoms with Crippen molar-refractivity contribution in [3.8, 4) is 11.8 Å². The van der Waals surface area contributed by atoms with Crippen molar-refractivity contribution in [1.82, 2.24) is 0 Å². The zero-order valence-corrected chi connectivity index (χ0v) is 17.5. The Bertz CT molecular complexity index is 823. The molecule has 140 valence electrons. The number of para-hydroxylation sites is 1. The number of nitriles is 1. The zero-order chi connectivity index (χ0) is 19.5. The number of anilines is 1. The molecule has 27 heavy (non-hydrogen) atoms. The van der Waals surface area contributed by atoms with Gasteiger partial charge < -0.3 is 10.1 Å². The molecule has 0 aliphatic rings. The molecule has 0 aliphatic carbocycles. The van der Waals surface area contributed by atoms with Gasteiger partial charge in [-0.3, -0.25) is 4.79 Å². The fourth-order valence-electron chi connectivity index (χ4n) is 2.48. The van der Waals surface area contributed by atoms with Crippen LogP contribution in [0, 0.1) is 14.9 Å². The van der Waals surface area contributed by atoms with E-state index in [-0.39, 0.29) is 5.57 Å². The molecule has 0 unspecified atom stereocenters. The summed E-state index contributed by atoms with van der Waals surface area (Å²) >= 11 is 2.20. The highest BCUT2D eigenvalue weighted by Gasteiger charge is 2.11. The molecule has 0 saturated heterocycles. The van der Waals surface area contributed by atoms with E-state index in [2.05, 4.69) is 34.8 Å². The molecule has 0 bridgehead atoms. The zero-order valence-electron chi connectivity index (χ0n) is 15.4. The number of amides is 1. The fourth-order valence-corrected chi connectivity index (χ4v) is 2.84. The molecular formula is C22H23IN2O2. The summed E-state index contributed by atoms with van der Waals surface area (Å²) in [5, 5.41) is 12.2. The predicted octanol–water partition coefficient (Wildman–Crippen LogP) is 5.80. The van der Waals surface area contributed by atoms with Gasteiger partial charge in [0.1, 0.15) is 17.4 Å². The van der Waals surface area contributed by atoms with Crippen molar-refractivity contribution in [2.45, 2.75) is 32.6 Å². The van der Waals surface area contributed by atoms with Crippen LogP contribution in [0.2, 0.25) is 0 Å². The fraction of sp³-hybridized carbons (Fsp3) is 0.273. The maximum Gasteiger partial charge on any atom is 0.266 e. The van der Waals surface area contributed by atoms with Crippen LogP contribution in [0.5, 0.6) is 5.75 Å². The molecule has 2 aromatic rings. The van der Waals surface area contributed by atoms with Gasteiger partial charge in [0.05, 0.1) is 6.61 Å². The molecule has 1 N–H and O–H groups in total. The summed E-state index contributed by atoms with van der Waals surface area (Å²) < 4.78 is 6.93. The number of carbonyl (C=O) groups excluding carboxylic acids is 1. The number of nitrogens with one attached hydrogen (secondary N) is 1. The maximum atomic E-state index is 12.4. The van der Waals surface area contributed by atoms with Crippen molar-refractivity contribution in [2.75, 3.05) is 11.9 Å². The van der Waals surface area contributed by atoms with E-state index in [9.17, 15) is 10.1 Å². The van der Waals surface area contributed by atoms with Crippen LogP contribution >= 0.6 is 22.6 Å². The highest BCUT2D eigenvalue weighted by atomic mass is 127. The third-order valence-electron chi connectivity index (χ3n) is 3.94. The molecular weight excluding hydrogens is 451 g/mol. The summed E-state index contributed by atoms with van der Waals surface area (Å²) in [5.41, 5.74) is 1.42. The molecule has 5 heteroatoms. The van der Waals surface area contributed by atoms with Crippen LogP contribution in [-0.2, 0) is 4.79 Å². The summed E-state index contributed by atoms with van der Waals surface area (Å²) in [5.74, 6) is 0.250. The van der Waals surface area contributed by atoms with Crippen molar-refractivity contribution in [1.29, 1.82) is 5.26 Å². The van der Waals surface area contributed by atoms with E-state index in [1.807, 2.05) is 54.6 Å². The summed E-state index contributed by atoms with van der Waals surface area (Å²) in [7, 11) is 0. The van der Waals surface area contributed by atoms with E-state index in [1.54, 1.807) is 6.08 Å². The second kappa shape index (κ2) is 11.4. The van der Waals surface area contributed by atoms with Crippen molar-refractivity contribution in [3.05, 3.63) is 63.2 Å². The molecule has 0 radical (unpaired) electrons. The van der Waals surface area contributed by atoms with E-state index >= 15 is 0 Å². The Morgan fingerprint density at radius 2 is 1.89 bits per heavy atom. The van der Waals surface area contributed by atoms with Gasteiger partial charge in [-0.15, -0.1) is 0 Å². The molecule has 4 nitrogen and oxygen atoms in total. The van der Waals surface area contributed by atoms with E-state index in [4.69, 9.17) is 4.74 Å². The molecule has 0 heterocycles. The van der Waals surface area contributed by atoms with Crippen LogP contribution in [0.25, 0.3) is 6.08 Å². The summed E-state index contributed by atoms with van der Waals surface area (Å²) in [4.78, 5) is 12.4. The minimum Gasteiger partial charge on any atom is -0.493 e. The number of carbonyl (C=O) groups is 1. The first kappa shape index (κ1) is 21.0. The van der Waals surface area contributed by atoms with E-state index in [0.717, 1.165) is 22.0 Å². The van der Waals surface area contributed by atoms with Crippen LogP contribution < -0.4 is 10.1 Å². The van der Waals surface area contributed by atoms with Gasteiger partial charge in [-0.2, -0.15) is 5.26 Å². The van der Waals surface area contributed by atoms with Gasteiger partial charge >= 0.3 is 0 Å². The maximum absolute atomic E-state index is 12.4. The largest absolute Gasteiger partial charge is 0.493 e. The van der Waals surface area contributed by atoms with Crippen LogP contribution in [0.1, 0.15) is 38.2 Å². The molecule has 0 spiro atoms. The molecule has 0 saturated carbocycles. The lowest BCUT2D eigenvalue weighted by atomic mass is 10.1. The Hall–Kier alpha value is -2.33. The van der Waals surface area contributed by atoms with Crippen LogP contribution in [0.3, 0.4) is 0 Å². The van der Waals surface area contributed by atoms with Gasteiger partial charge in [-0.25, -0.2) is 0 Å². The lowest BCUT2D eigenvalue weighted by Gasteiger charge is -2.10. The minimum absolute atomic E-state index is 0.0376. The first-order chi connectivity index (χ1) is 13.1. The van der Waals surface area contributed by atoms with Crippen LogP contribution in [0.4, 0.5) is 5.69 Å². The van der Waals surface area contributed by atoms with Gasteiger partial charge in [-0.1, -0.05) is 44.4 Å². The lowest BCUT2D eigenvalue weighted by Crippen LogP contribution is -2.13. The summed E-state index contributed by atoms with van der Waals surface area (Å²) in [6, 6.07) is 16.8. The average Bonchev–Trinajstić information content (AvgIpc) is 2.68. The van der Waals surface area contributed by atoms with Gasteiger partial charge in [0.2, 0.25) is 0 Å². The average molecular weight is 474 g/mol. The lowest BCUT2D eigenvalue weighted by molar-refractivity contribution is -0.112. The third kappa shape index (κ3) is 7.06. The van der Waals surface area contributed by atoms with E-state index in [1.165, 1.54) is 12.8 Å². The standard InChI is InChI=1S/C22H23IN2O2/c1-2-3-4-7-14-27-21-9-6-5-8-17(21)15-18(16-24)22(26)25-20-12-10-19(23)11-13-20/h5-6,8-13,15H,2-4,7,14H2,1H3,(H,25,26)/b18-15+. The van der Waals surface area contributed by atoms with Crippen molar-refractivity contribution >= 4 is 40.3 Å². The quantitative estimate of drug-likeness (QED) is 0.216. The molecule has 1 amide bonds. The van der Waals surface area contributed by atoms with Crippen molar-refractivity contribution in [2.24, 2.45) is 0 Å². The molecule has 0 atom stereocenters. The first-order valence-corrected chi connectivity index (χ1v) is 10.1. The normalized spacial score (nSPS) is 10.9. The van der Waals surface area contributed by atoms with Crippen LogP contribution in [-0.4, -0.2) is 12.5 Å². The Morgan fingerprint density at radius 3 is 2.59 bits per heavy atom. The van der Waals surface area contributed by atoms with Crippen molar-refractivity contribution in [3.63, 3.8) is 0 Å². The highest BCUT2D eigenvalue weighted by molar-refractivity contribution is 14.1. The first-order valence-electron chi connectivity index (χ1n) is 9.04. The summed E-state index contributed by atoms with van der Waals surface area (Å²) in [6.07, 6.45) is 6.08. The van der Waals surface area contributed by atoms with Gasteiger partial charge in [-0.05, 0) is 65.4 Å². The number of hydrogen-bond donors (Lipinski definition) is 1. The predicted molar refractivity (Wildman–Crippen MR) is 117 cm³/mol. The molecule has 2 rings (SSSR count). The number of rotatable bonds is 9. The molecule has 2 aromatic carbocycles. The smallest absolute Gasteiger partial charge is 0.266 e.